The van der Waals surface area contributed by atoms with Gasteiger partial charge in [-0.1, -0.05) is 24.6 Å². The van der Waals surface area contributed by atoms with Gasteiger partial charge >= 0.3 is 5.97 Å². The van der Waals surface area contributed by atoms with E-state index in [2.05, 4.69) is 15.0 Å². The van der Waals surface area contributed by atoms with Crippen molar-refractivity contribution in [3.05, 3.63) is 41.8 Å². The normalized spacial score (nSPS) is 10.5. The molecule has 0 bridgehead atoms. The van der Waals surface area contributed by atoms with Gasteiger partial charge in [0.1, 0.15) is 5.76 Å². The third-order valence-electron chi connectivity index (χ3n) is 3.85. The van der Waals surface area contributed by atoms with Crippen LogP contribution in [0, 0.1) is 6.92 Å². The van der Waals surface area contributed by atoms with Crippen molar-refractivity contribution in [1.29, 1.82) is 0 Å². The Bertz CT molecular complexity index is 695. The zero-order chi connectivity index (χ0) is 18.1. The largest absolute Gasteiger partial charge is 0.469 e. The molecule has 0 fully saturated rings. The molecule has 0 atom stereocenters. The standard InChI is InChI=1S/C19H24N2O4/c1-14-16(21-19(25-14)15-9-5-3-6-10-15)13-17(22)20-12-8-4-7-11-18(23)24-2/h3,5-6,9-10H,4,7-8,11-13H2,1-2H3,(H,20,22). The van der Waals surface area contributed by atoms with Crippen LogP contribution in [0.2, 0.25) is 0 Å². The Morgan fingerprint density at radius 2 is 1.92 bits per heavy atom. The second-order valence-corrected chi connectivity index (χ2v) is 5.80. The first kappa shape index (κ1) is 18.7. The highest BCUT2D eigenvalue weighted by Gasteiger charge is 2.14. The fourth-order valence-electron chi connectivity index (χ4n) is 2.41. The van der Waals surface area contributed by atoms with Gasteiger partial charge in [-0.15, -0.1) is 0 Å². The number of hydrogen-bond acceptors (Lipinski definition) is 5. The van der Waals surface area contributed by atoms with Gasteiger partial charge in [0.15, 0.2) is 0 Å². The number of unbranched alkanes of at least 4 members (excludes halogenated alkanes) is 2. The number of amides is 1. The van der Waals surface area contributed by atoms with Crippen LogP contribution in [0.4, 0.5) is 0 Å². The van der Waals surface area contributed by atoms with Gasteiger partial charge in [-0.05, 0) is 31.9 Å². The Balaban J connectivity index is 1.74. The van der Waals surface area contributed by atoms with E-state index in [0.717, 1.165) is 24.8 Å². The molecule has 0 aliphatic rings. The summed E-state index contributed by atoms with van der Waals surface area (Å²) in [6.07, 6.45) is 3.09. The van der Waals surface area contributed by atoms with Crippen LogP contribution in [0.25, 0.3) is 11.5 Å². The number of aromatic nitrogens is 1. The Hall–Kier alpha value is -2.63. The number of carbonyl (C=O) groups excluding carboxylic acids is 2. The van der Waals surface area contributed by atoms with Crippen molar-refractivity contribution in [3.8, 4) is 11.5 Å². The highest BCUT2D eigenvalue weighted by atomic mass is 16.5. The third-order valence-corrected chi connectivity index (χ3v) is 3.85. The first-order valence-corrected chi connectivity index (χ1v) is 8.45. The summed E-state index contributed by atoms with van der Waals surface area (Å²) in [5, 5.41) is 2.87. The van der Waals surface area contributed by atoms with Crippen LogP contribution in [0.15, 0.2) is 34.7 Å². The lowest BCUT2D eigenvalue weighted by molar-refractivity contribution is -0.140. The Morgan fingerprint density at radius 3 is 2.64 bits per heavy atom. The number of carbonyl (C=O) groups is 2. The number of nitrogens with one attached hydrogen (secondary N) is 1. The molecule has 0 spiro atoms. The summed E-state index contributed by atoms with van der Waals surface area (Å²) in [5.41, 5.74) is 1.55. The number of ether oxygens (including phenoxy) is 1. The van der Waals surface area contributed by atoms with Gasteiger partial charge in [-0.2, -0.15) is 0 Å². The summed E-state index contributed by atoms with van der Waals surface area (Å²) in [6.45, 7) is 2.40. The molecule has 0 saturated heterocycles. The van der Waals surface area contributed by atoms with Crippen LogP contribution in [-0.2, 0) is 20.7 Å². The van der Waals surface area contributed by atoms with E-state index < -0.39 is 0 Å². The number of hydrogen-bond donors (Lipinski definition) is 1. The quantitative estimate of drug-likeness (QED) is 0.558. The Morgan fingerprint density at radius 1 is 1.16 bits per heavy atom. The van der Waals surface area contributed by atoms with Crippen LogP contribution in [0.5, 0.6) is 0 Å². The van der Waals surface area contributed by atoms with Crippen LogP contribution < -0.4 is 5.32 Å². The molecule has 1 N–H and O–H groups in total. The minimum Gasteiger partial charge on any atom is -0.469 e. The molecular formula is C19H24N2O4. The molecule has 6 heteroatoms. The highest BCUT2D eigenvalue weighted by molar-refractivity contribution is 5.78. The molecule has 2 aromatic rings. The zero-order valence-corrected chi connectivity index (χ0v) is 14.7. The summed E-state index contributed by atoms with van der Waals surface area (Å²) >= 11 is 0. The van der Waals surface area contributed by atoms with E-state index in [4.69, 9.17) is 4.42 Å². The Labute approximate surface area is 147 Å². The van der Waals surface area contributed by atoms with Crippen LogP contribution in [-0.4, -0.2) is 30.5 Å². The van der Waals surface area contributed by atoms with Crippen molar-refractivity contribution in [3.63, 3.8) is 0 Å². The van der Waals surface area contributed by atoms with Gasteiger partial charge in [-0.3, -0.25) is 9.59 Å². The summed E-state index contributed by atoms with van der Waals surface area (Å²) in [6, 6.07) is 9.61. The molecule has 0 radical (unpaired) electrons. The lowest BCUT2D eigenvalue weighted by atomic mass is 10.2. The smallest absolute Gasteiger partial charge is 0.305 e. The average Bonchev–Trinajstić information content (AvgIpc) is 2.99. The summed E-state index contributed by atoms with van der Waals surface area (Å²) in [7, 11) is 1.39. The van der Waals surface area contributed by atoms with E-state index in [-0.39, 0.29) is 18.3 Å². The fraction of sp³-hybridized carbons (Fsp3) is 0.421. The van der Waals surface area contributed by atoms with Gasteiger partial charge in [0.25, 0.3) is 0 Å². The topological polar surface area (TPSA) is 81.4 Å². The van der Waals surface area contributed by atoms with Crippen molar-refractivity contribution < 1.29 is 18.7 Å². The first-order valence-electron chi connectivity index (χ1n) is 8.45. The Kier molecular flexibility index (Phi) is 7.19. The number of nitrogens with zero attached hydrogens (tertiary/aromatic N) is 1. The SMILES string of the molecule is COC(=O)CCCCCNC(=O)Cc1nc(-c2ccccc2)oc1C. The number of oxazole rings is 1. The maximum atomic E-state index is 12.0. The maximum Gasteiger partial charge on any atom is 0.305 e. The van der Waals surface area contributed by atoms with Crippen molar-refractivity contribution in [1.82, 2.24) is 10.3 Å². The van der Waals surface area contributed by atoms with E-state index in [1.54, 1.807) is 0 Å². The molecule has 2 rings (SSSR count). The average molecular weight is 344 g/mol. The second-order valence-electron chi connectivity index (χ2n) is 5.80. The van der Waals surface area contributed by atoms with Gasteiger partial charge in [-0.25, -0.2) is 4.98 Å². The lowest BCUT2D eigenvalue weighted by Crippen LogP contribution is -2.26. The maximum absolute atomic E-state index is 12.0. The monoisotopic (exact) mass is 344 g/mol. The molecular weight excluding hydrogens is 320 g/mol. The van der Waals surface area contributed by atoms with E-state index in [1.807, 2.05) is 37.3 Å². The second kappa shape index (κ2) is 9.61. The number of rotatable bonds is 9. The van der Waals surface area contributed by atoms with Gasteiger partial charge < -0.3 is 14.5 Å². The molecule has 0 aliphatic carbocycles. The van der Waals surface area contributed by atoms with E-state index in [1.165, 1.54) is 7.11 Å². The van der Waals surface area contributed by atoms with Gasteiger partial charge in [0.05, 0.1) is 19.2 Å². The molecule has 1 aromatic carbocycles. The predicted octanol–water partition coefficient (Wildman–Crippen LogP) is 3.04. The first-order chi connectivity index (χ1) is 12.1. The number of benzene rings is 1. The zero-order valence-electron chi connectivity index (χ0n) is 14.7. The number of esters is 1. The molecule has 6 nitrogen and oxygen atoms in total. The van der Waals surface area contributed by atoms with Crippen LogP contribution in [0.1, 0.15) is 37.1 Å². The summed E-state index contributed by atoms with van der Waals surface area (Å²) in [5.74, 6) is 0.916. The summed E-state index contributed by atoms with van der Waals surface area (Å²) in [4.78, 5) is 27.4. The van der Waals surface area contributed by atoms with Crippen molar-refractivity contribution in [2.24, 2.45) is 0 Å². The van der Waals surface area contributed by atoms with E-state index in [9.17, 15) is 9.59 Å². The molecule has 0 unspecified atom stereocenters. The van der Waals surface area contributed by atoms with Crippen LogP contribution in [0.3, 0.4) is 0 Å². The van der Waals surface area contributed by atoms with E-state index >= 15 is 0 Å². The van der Waals surface area contributed by atoms with Gasteiger partial charge in [0.2, 0.25) is 11.8 Å². The minimum atomic E-state index is -0.195. The molecule has 134 valence electrons. The summed E-state index contributed by atoms with van der Waals surface area (Å²) < 4.78 is 10.2. The molecule has 0 aliphatic heterocycles. The van der Waals surface area contributed by atoms with Crippen LogP contribution >= 0.6 is 0 Å². The predicted molar refractivity (Wildman–Crippen MR) is 93.9 cm³/mol. The fourth-order valence-corrected chi connectivity index (χ4v) is 2.41. The molecule has 1 amide bonds. The number of aryl methyl sites for hydroxylation is 1. The number of methoxy groups -OCH3 is 1. The van der Waals surface area contributed by atoms with Crippen molar-refractivity contribution >= 4 is 11.9 Å². The van der Waals surface area contributed by atoms with Gasteiger partial charge in [0, 0.05) is 18.5 Å². The molecule has 1 aromatic heterocycles. The van der Waals surface area contributed by atoms with E-state index in [0.29, 0.717) is 30.3 Å². The molecule has 25 heavy (non-hydrogen) atoms. The molecule has 1 heterocycles. The molecule has 0 saturated carbocycles. The van der Waals surface area contributed by atoms with Crippen molar-refractivity contribution in [2.45, 2.75) is 39.0 Å². The third kappa shape index (κ3) is 6.06. The lowest BCUT2D eigenvalue weighted by Gasteiger charge is -2.04. The highest BCUT2D eigenvalue weighted by Crippen LogP contribution is 2.21. The van der Waals surface area contributed by atoms with Crippen molar-refractivity contribution in [2.75, 3.05) is 13.7 Å². The minimum absolute atomic E-state index is 0.0796.